The van der Waals surface area contributed by atoms with Crippen LogP contribution in [0.15, 0.2) is 18.2 Å². The summed E-state index contributed by atoms with van der Waals surface area (Å²) in [5.41, 5.74) is 3.70. The van der Waals surface area contributed by atoms with Crippen molar-refractivity contribution in [2.45, 2.75) is 12.8 Å². The van der Waals surface area contributed by atoms with Gasteiger partial charge >= 0.3 is 6.36 Å². The highest BCUT2D eigenvalue weighted by atomic mass is 19.4. The van der Waals surface area contributed by atoms with Crippen LogP contribution in [0.4, 0.5) is 27.6 Å². The fourth-order valence-electron chi connectivity index (χ4n) is 0.965. The molecule has 2 N–H and O–H groups in total. The van der Waals surface area contributed by atoms with Gasteiger partial charge < -0.3 is 10.5 Å². The fourth-order valence-corrected chi connectivity index (χ4v) is 0.965. The van der Waals surface area contributed by atoms with E-state index in [0.29, 0.717) is 0 Å². The third-order valence-electron chi connectivity index (χ3n) is 1.56. The molecule has 2 nitrogen and oxygen atoms in total. The first kappa shape index (κ1) is 11.5. The minimum Gasteiger partial charge on any atom is -0.404 e. The average molecular weight is 227 g/mol. The number of nitrogen functional groups attached to an aromatic ring is 1. The van der Waals surface area contributed by atoms with Gasteiger partial charge in [0.05, 0.1) is 5.69 Å². The first-order chi connectivity index (χ1) is 6.81. The van der Waals surface area contributed by atoms with Crippen LogP contribution >= 0.6 is 0 Å². The Bertz CT molecular complexity index is 349. The Morgan fingerprint density at radius 1 is 1.20 bits per heavy atom. The molecule has 0 aromatic heterocycles. The largest absolute Gasteiger partial charge is 0.573 e. The zero-order valence-corrected chi connectivity index (χ0v) is 7.18. The molecule has 7 heteroatoms. The molecule has 1 aromatic carbocycles. The van der Waals surface area contributed by atoms with Crippen molar-refractivity contribution in [3.63, 3.8) is 0 Å². The third-order valence-corrected chi connectivity index (χ3v) is 1.56. The SMILES string of the molecule is Nc1c(OC(F)(F)F)cccc1C(F)F. The molecule has 1 aromatic rings. The summed E-state index contributed by atoms with van der Waals surface area (Å²) in [7, 11) is 0. The van der Waals surface area contributed by atoms with Gasteiger partial charge in [0.2, 0.25) is 0 Å². The summed E-state index contributed by atoms with van der Waals surface area (Å²) in [4.78, 5) is 0. The Kier molecular flexibility index (Phi) is 3.01. The molecule has 0 amide bonds. The lowest BCUT2D eigenvalue weighted by Gasteiger charge is -2.13. The van der Waals surface area contributed by atoms with E-state index in [0.717, 1.165) is 18.2 Å². The van der Waals surface area contributed by atoms with Crippen molar-refractivity contribution in [3.8, 4) is 5.75 Å². The highest BCUT2D eigenvalue weighted by molar-refractivity contribution is 5.58. The number of anilines is 1. The molecule has 0 atom stereocenters. The smallest absolute Gasteiger partial charge is 0.404 e. The summed E-state index contributed by atoms with van der Waals surface area (Å²) in [6.07, 6.45) is -7.89. The second-order valence-electron chi connectivity index (χ2n) is 2.61. The second-order valence-corrected chi connectivity index (χ2v) is 2.61. The predicted octanol–water partition coefficient (Wildman–Crippen LogP) is 3.11. The van der Waals surface area contributed by atoms with Gasteiger partial charge in [-0.25, -0.2) is 8.78 Å². The minimum absolute atomic E-state index is 0.684. The highest BCUT2D eigenvalue weighted by Crippen LogP contribution is 2.34. The molecule has 0 aliphatic rings. The van der Waals surface area contributed by atoms with Gasteiger partial charge in [-0.05, 0) is 6.07 Å². The monoisotopic (exact) mass is 227 g/mol. The molecule has 0 saturated heterocycles. The molecule has 84 valence electrons. The Hall–Kier alpha value is -1.53. The summed E-state index contributed by atoms with van der Waals surface area (Å²) < 4.78 is 63.3. The Balaban J connectivity index is 3.05. The van der Waals surface area contributed by atoms with E-state index in [2.05, 4.69) is 4.74 Å². The maximum atomic E-state index is 12.2. The van der Waals surface area contributed by atoms with E-state index >= 15 is 0 Å². The van der Waals surface area contributed by atoms with Crippen molar-refractivity contribution in [2.75, 3.05) is 5.73 Å². The van der Waals surface area contributed by atoms with E-state index in [1.807, 2.05) is 0 Å². The molecule has 0 aliphatic carbocycles. The van der Waals surface area contributed by atoms with Crippen molar-refractivity contribution in [2.24, 2.45) is 0 Å². The van der Waals surface area contributed by atoms with Crippen molar-refractivity contribution >= 4 is 5.69 Å². The van der Waals surface area contributed by atoms with Gasteiger partial charge in [0.25, 0.3) is 6.43 Å². The molecule has 0 saturated carbocycles. The molecule has 0 unspecified atom stereocenters. The van der Waals surface area contributed by atoms with Gasteiger partial charge in [0, 0.05) is 5.56 Å². The van der Waals surface area contributed by atoms with E-state index in [9.17, 15) is 22.0 Å². The van der Waals surface area contributed by atoms with Gasteiger partial charge in [-0.2, -0.15) is 0 Å². The van der Waals surface area contributed by atoms with Crippen LogP contribution in [0.2, 0.25) is 0 Å². The lowest BCUT2D eigenvalue weighted by molar-refractivity contribution is -0.274. The molecular weight excluding hydrogens is 221 g/mol. The van der Waals surface area contributed by atoms with Gasteiger partial charge in [-0.1, -0.05) is 12.1 Å². The molecule has 0 spiro atoms. The molecule has 15 heavy (non-hydrogen) atoms. The maximum Gasteiger partial charge on any atom is 0.573 e. The van der Waals surface area contributed by atoms with E-state index in [1.54, 1.807) is 0 Å². The van der Waals surface area contributed by atoms with Crippen LogP contribution in [-0.4, -0.2) is 6.36 Å². The number of hydrogen-bond acceptors (Lipinski definition) is 2. The Morgan fingerprint density at radius 2 is 1.80 bits per heavy atom. The van der Waals surface area contributed by atoms with Crippen molar-refractivity contribution in [1.29, 1.82) is 0 Å². The van der Waals surface area contributed by atoms with Crippen LogP contribution in [0.25, 0.3) is 0 Å². The van der Waals surface area contributed by atoms with E-state index in [4.69, 9.17) is 5.73 Å². The zero-order valence-electron chi connectivity index (χ0n) is 7.18. The first-order valence-electron chi connectivity index (χ1n) is 3.73. The fraction of sp³-hybridized carbons (Fsp3) is 0.250. The number of halogens is 5. The van der Waals surface area contributed by atoms with Crippen molar-refractivity contribution in [3.05, 3.63) is 23.8 Å². The summed E-state index contributed by atoms with van der Waals surface area (Å²) in [6, 6.07) is 2.82. The third kappa shape index (κ3) is 2.97. The summed E-state index contributed by atoms with van der Waals surface area (Å²) in [5.74, 6) is -0.819. The number of nitrogens with two attached hydrogens (primary N) is 1. The zero-order chi connectivity index (χ0) is 11.6. The molecule has 0 fully saturated rings. The molecule has 0 heterocycles. The van der Waals surface area contributed by atoms with Gasteiger partial charge in [-0.3, -0.25) is 0 Å². The Labute approximate surface area is 81.4 Å². The number of alkyl halides is 5. The van der Waals surface area contributed by atoms with Gasteiger partial charge in [0.15, 0.2) is 5.75 Å². The summed E-state index contributed by atoms with van der Waals surface area (Å²) >= 11 is 0. The molecule has 0 radical (unpaired) electrons. The van der Waals surface area contributed by atoms with Gasteiger partial charge in [-0.15, -0.1) is 13.2 Å². The van der Waals surface area contributed by atoms with Crippen molar-refractivity contribution in [1.82, 2.24) is 0 Å². The Morgan fingerprint density at radius 3 is 2.27 bits per heavy atom. The number of rotatable bonds is 2. The normalized spacial score (nSPS) is 11.9. The lowest BCUT2D eigenvalue weighted by atomic mass is 10.2. The van der Waals surface area contributed by atoms with Crippen LogP contribution in [0, 0.1) is 0 Å². The molecule has 1 rings (SSSR count). The highest BCUT2D eigenvalue weighted by Gasteiger charge is 2.32. The minimum atomic E-state index is -4.95. The topological polar surface area (TPSA) is 35.2 Å². The van der Waals surface area contributed by atoms with Crippen LogP contribution in [0.3, 0.4) is 0 Å². The first-order valence-corrected chi connectivity index (χ1v) is 3.73. The number of benzene rings is 1. The van der Waals surface area contributed by atoms with E-state index in [1.165, 1.54) is 0 Å². The average Bonchev–Trinajstić information content (AvgIpc) is 2.05. The summed E-state index contributed by atoms with van der Waals surface area (Å²) in [6.45, 7) is 0. The predicted molar refractivity (Wildman–Crippen MR) is 42.5 cm³/mol. The summed E-state index contributed by atoms with van der Waals surface area (Å²) in [5, 5.41) is 0. The lowest BCUT2D eigenvalue weighted by Crippen LogP contribution is -2.18. The van der Waals surface area contributed by atoms with Crippen LogP contribution < -0.4 is 10.5 Å². The maximum absolute atomic E-state index is 12.2. The van der Waals surface area contributed by atoms with Crippen LogP contribution in [0.1, 0.15) is 12.0 Å². The van der Waals surface area contributed by atoms with E-state index < -0.39 is 29.8 Å². The number of hydrogen-bond donors (Lipinski definition) is 1. The molecule has 0 aliphatic heterocycles. The van der Waals surface area contributed by atoms with Crippen LogP contribution in [-0.2, 0) is 0 Å². The standard InChI is InChI=1S/C8H6F5NO/c9-7(10)4-2-1-3-5(6(4)14)15-8(11,12)13/h1-3,7H,14H2. The molecular formula is C8H6F5NO. The number of ether oxygens (including phenoxy) is 1. The van der Waals surface area contributed by atoms with Gasteiger partial charge in [0.1, 0.15) is 0 Å². The number of para-hydroxylation sites is 1. The van der Waals surface area contributed by atoms with Crippen LogP contribution in [0.5, 0.6) is 5.75 Å². The second kappa shape index (κ2) is 3.92. The van der Waals surface area contributed by atoms with Crippen molar-refractivity contribution < 1.29 is 26.7 Å². The molecule has 0 bridgehead atoms. The van der Waals surface area contributed by atoms with E-state index in [-0.39, 0.29) is 0 Å². The quantitative estimate of drug-likeness (QED) is 0.622.